The number of rotatable bonds is 2. The van der Waals surface area contributed by atoms with Gasteiger partial charge in [0.25, 0.3) is 6.29 Å². The number of fused-ring (bicyclic) bond motifs is 3. The first kappa shape index (κ1) is 12.3. The van der Waals surface area contributed by atoms with E-state index in [1.165, 1.54) is 13.3 Å². The fourth-order valence-corrected chi connectivity index (χ4v) is 3.19. The van der Waals surface area contributed by atoms with E-state index >= 15 is 0 Å². The largest absolute Gasteiger partial charge is 0.478 e. The van der Waals surface area contributed by atoms with Gasteiger partial charge in [0.2, 0.25) is 0 Å². The Hall–Kier alpha value is -1.76. The molecule has 1 saturated carbocycles. The molecule has 3 aliphatic rings. The Kier molecular flexibility index (Phi) is 2.50. The van der Waals surface area contributed by atoms with Gasteiger partial charge in [0, 0.05) is 13.0 Å². The van der Waals surface area contributed by atoms with Crippen LogP contribution in [0.4, 0.5) is 4.79 Å². The van der Waals surface area contributed by atoms with Crippen LogP contribution in [0.15, 0.2) is 11.8 Å². The molecule has 7 nitrogen and oxygen atoms in total. The molecule has 2 aliphatic heterocycles. The van der Waals surface area contributed by atoms with Crippen molar-refractivity contribution < 1.29 is 28.9 Å². The summed E-state index contributed by atoms with van der Waals surface area (Å²) >= 11 is 0. The van der Waals surface area contributed by atoms with Crippen LogP contribution < -0.4 is 5.32 Å². The van der Waals surface area contributed by atoms with Gasteiger partial charge in [-0.2, -0.15) is 0 Å². The van der Waals surface area contributed by atoms with Crippen LogP contribution in [-0.4, -0.2) is 42.2 Å². The summed E-state index contributed by atoms with van der Waals surface area (Å²) in [7, 11) is 1.45. The molecule has 0 aromatic heterocycles. The second-order valence-electron chi connectivity index (χ2n) is 5.20. The maximum absolute atomic E-state index is 11.3. The number of hydrogen-bond donors (Lipinski definition) is 2. The predicted octanol–water partition coefficient (Wildman–Crippen LogP) is 0.461. The molecular formula is C12H15NO6. The Balaban J connectivity index is 1.87. The molecule has 0 unspecified atom stereocenters. The Morgan fingerprint density at radius 3 is 2.95 bits per heavy atom. The molecule has 1 amide bonds. The van der Waals surface area contributed by atoms with Crippen molar-refractivity contribution >= 4 is 12.1 Å². The molecule has 1 saturated heterocycles. The topological polar surface area (TPSA) is 97.4 Å². The third-order valence-electron chi connectivity index (χ3n) is 4.24. The van der Waals surface area contributed by atoms with E-state index in [-0.39, 0.29) is 23.5 Å². The van der Waals surface area contributed by atoms with E-state index in [1.54, 1.807) is 0 Å². The van der Waals surface area contributed by atoms with Crippen LogP contribution in [0.25, 0.3) is 0 Å². The molecule has 5 atom stereocenters. The standard InChI is InChI=1S/C12H15NO6/c1-12-7(19-12)3-5-6(9(14)15)4-17-10(8(5)12)18-11(16)13-2/h4-5,7-8,10H,3H2,1-2H3,(H,13,16)(H,14,15)/t5-,7+,8+,10+,12+/m1/s1. The monoisotopic (exact) mass is 269 g/mol. The number of aliphatic carboxylic acids is 1. The van der Waals surface area contributed by atoms with Gasteiger partial charge in [0.05, 0.1) is 23.9 Å². The SMILES string of the molecule is CNC(=O)O[C@@H]1OC=C(C(=O)O)[C@H]2C[C@@H]3O[C@]3(C)[C@H]12. The van der Waals surface area contributed by atoms with Crippen molar-refractivity contribution in [2.45, 2.75) is 31.3 Å². The number of hydrogen-bond acceptors (Lipinski definition) is 5. The van der Waals surface area contributed by atoms with Gasteiger partial charge in [-0.15, -0.1) is 0 Å². The number of nitrogens with one attached hydrogen (secondary N) is 1. The van der Waals surface area contributed by atoms with E-state index in [1.807, 2.05) is 6.92 Å². The van der Waals surface area contributed by atoms with Crippen molar-refractivity contribution in [3.8, 4) is 0 Å². The number of ether oxygens (including phenoxy) is 3. The minimum atomic E-state index is -1.00. The smallest absolute Gasteiger partial charge is 0.409 e. The fraction of sp³-hybridized carbons (Fsp3) is 0.667. The molecule has 2 N–H and O–H groups in total. The Morgan fingerprint density at radius 1 is 1.58 bits per heavy atom. The summed E-state index contributed by atoms with van der Waals surface area (Å²) in [5.41, 5.74) is -0.239. The van der Waals surface area contributed by atoms with E-state index in [0.29, 0.717) is 6.42 Å². The number of amides is 1. The molecule has 3 rings (SSSR count). The second kappa shape index (κ2) is 3.86. The molecule has 2 fully saturated rings. The molecule has 0 radical (unpaired) electrons. The van der Waals surface area contributed by atoms with E-state index in [0.717, 1.165) is 0 Å². The van der Waals surface area contributed by atoms with Crippen LogP contribution in [0.1, 0.15) is 13.3 Å². The molecule has 0 aromatic carbocycles. The molecule has 0 spiro atoms. The summed E-state index contributed by atoms with van der Waals surface area (Å²) in [4.78, 5) is 22.5. The van der Waals surface area contributed by atoms with Gasteiger partial charge in [-0.1, -0.05) is 0 Å². The number of carbonyl (C=O) groups is 2. The highest BCUT2D eigenvalue weighted by molar-refractivity contribution is 5.87. The van der Waals surface area contributed by atoms with Crippen molar-refractivity contribution in [2.24, 2.45) is 11.8 Å². The van der Waals surface area contributed by atoms with Gasteiger partial charge in [-0.05, 0) is 13.3 Å². The molecule has 0 aromatic rings. The zero-order valence-corrected chi connectivity index (χ0v) is 10.6. The Bertz CT molecular complexity index is 475. The van der Waals surface area contributed by atoms with Gasteiger partial charge < -0.3 is 24.6 Å². The van der Waals surface area contributed by atoms with Crippen LogP contribution in [0.3, 0.4) is 0 Å². The molecular weight excluding hydrogens is 254 g/mol. The van der Waals surface area contributed by atoms with Gasteiger partial charge in [0.15, 0.2) is 0 Å². The summed E-state index contributed by atoms with van der Waals surface area (Å²) in [5, 5.41) is 11.5. The third-order valence-corrected chi connectivity index (χ3v) is 4.24. The molecule has 7 heteroatoms. The highest BCUT2D eigenvalue weighted by Gasteiger charge is 2.70. The molecule has 2 heterocycles. The lowest BCUT2D eigenvalue weighted by molar-refractivity contribution is -0.148. The summed E-state index contributed by atoms with van der Waals surface area (Å²) in [5.74, 6) is -1.49. The highest BCUT2D eigenvalue weighted by Crippen LogP contribution is 2.60. The number of carboxylic acids is 1. The average molecular weight is 269 g/mol. The van der Waals surface area contributed by atoms with Crippen LogP contribution in [0, 0.1) is 11.8 Å². The van der Waals surface area contributed by atoms with E-state index < -0.39 is 24.0 Å². The lowest BCUT2D eigenvalue weighted by Gasteiger charge is -2.35. The summed E-state index contributed by atoms with van der Waals surface area (Å²) in [6.07, 6.45) is 0.401. The minimum Gasteiger partial charge on any atom is -0.478 e. The lowest BCUT2D eigenvalue weighted by atomic mass is 9.82. The zero-order valence-electron chi connectivity index (χ0n) is 10.6. The Morgan fingerprint density at radius 2 is 2.32 bits per heavy atom. The number of carboxylic acid groups (broad SMARTS) is 1. The minimum absolute atomic E-state index is 0.0164. The summed E-state index contributed by atoms with van der Waals surface area (Å²) < 4.78 is 16.0. The molecule has 1 aliphatic carbocycles. The van der Waals surface area contributed by atoms with Crippen molar-refractivity contribution in [3.05, 3.63) is 11.8 Å². The highest BCUT2D eigenvalue weighted by atomic mass is 16.7. The van der Waals surface area contributed by atoms with Crippen molar-refractivity contribution in [3.63, 3.8) is 0 Å². The number of alkyl carbamates (subject to hydrolysis) is 1. The van der Waals surface area contributed by atoms with Gasteiger partial charge >= 0.3 is 12.1 Å². The molecule has 104 valence electrons. The van der Waals surface area contributed by atoms with Crippen molar-refractivity contribution in [2.75, 3.05) is 7.05 Å². The summed E-state index contributed by atoms with van der Waals surface area (Å²) in [6.45, 7) is 1.90. The van der Waals surface area contributed by atoms with Gasteiger partial charge in [-0.3, -0.25) is 0 Å². The van der Waals surface area contributed by atoms with Crippen molar-refractivity contribution in [1.29, 1.82) is 0 Å². The van der Waals surface area contributed by atoms with Crippen LogP contribution >= 0.6 is 0 Å². The van der Waals surface area contributed by atoms with Gasteiger partial charge in [-0.25, -0.2) is 9.59 Å². The van der Waals surface area contributed by atoms with E-state index in [2.05, 4.69) is 5.32 Å². The van der Waals surface area contributed by atoms with Crippen LogP contribution in [0.5, 0.6) is 0 Å². The maximum atomic E-state index is 11.3. The van der Waals surface area contributed by atoms with Gasteiger partial charge in [0.1, 0.15) is 5.60 Å². The molecule has 0 bridgehead atoms. The second-order valence-corrected chi connectivity index (χ2v) is 5.20. The molecule has 19 heavy (non-hydrogen) atoms. The lowest BCUT2D eigenvalue weighted by Crippen LogP contribution is -2.44. The zero-order chi connectivity index (χ0) is 13.8. The normalized spacial score (nSPS) is 42.3. The van der Waals surface area contributed by atoms with E-state index in [4.69, 9.17) is 14.2 Å². The maximum Gasteiger partial charge on any atom is 0.409 e. The quantitative estimate of drug-likeness (QED) is 0.707. The fourth-order valence-electron chi connectivity index (χ4n) is 3.19. The number of carbonyl (C=O) groups excluding carboxylic acids is 1. The average Bonchev–Trinajstić information content (AvgIpc) is 2.91. The third kappa shape index (κ3) is 1.68. The number of epoxide rings is 1. The Labute approximate surface area is 109 Å². The van der Waals surface area contributed by atoms with Crippen molar-refractivity contribution in [1.82, 2.24) is 5.32 Å². The van der Waals surface area contributed by atoms with Crippen LogP contribution in [-0.2, 0) is 19.0 Å². The first-order chi connectivity index (χ1) is 8.97. The predicted molar refractivity (Wildman–Crippen MR) is 61.0 cm³/mol. The van der Waals surface area contributed by atoms with E-state index in [9.17, 15) is 14.7 Å². The first-order valence-electron chi connectivity index (χ1n) is 6.12. The first-order valence-corrected chi connectivity index (χ1v) is 6.12. The summed E-state index contributed by atoms with van der Waals surface area (Å²) in [6, 6.07) is 0. The van der Waals surface area contributed by atoms with Crippen LogP contribution in [0.2, 0.25) is 0 Å².